The van der Waals surface area contributed by atoms with Crippen LogP contribution in [0.15, 0.2) is 23.3 Å². The van der Waals surface area contributed by atoms with Gasteiger partial charge < -0.3 is 5.73 Å². The van der Waals surface area contributed by atoms with Gasteiger partial charge in [0, 0.05) is 0 Å². The van der Waals surface area contributed by atoms with Gasteiger partial charge in [0.1, 0.15) is 11.6 Å². The Bertz CT molecular complexity index is 321. The van der Waals surface area contributed by atoms with Crippen molar-refractivity contribution < 1.29 is 4.79 Å². The molecule has 14 heavy (non-hydrogen) atoms. The SMILES string of the molecule is N#CC(C(N)=O)=C1CCC=CCCC1. The minimum Gasteiger partial charge on any atom is -0.365 e. The summed E-state index contributed by atoms with van der Waals surface area (Å²) in [6, 6.07) is 1.90. The largest absolute Gasteiger partial charge is 0.365 e. The first-order chi connectivity index (χ1) is 6.75. The van der Waals surface area contributed by atoms with Gasteiger partial charge >= 0.3 is 0 Å². The van der Waals surface area contributed by atoms with Gasteiger partial charge in [-0.25, -0.2) is 0 Å². The Morgan fingerprint density at radius 3 is 2.71 bits per heavy atom. The van der Waals surface area contributed by atoms with E-state index in [1.807, 2.05) is 6.07 Å². The van der Waals surface area contributed by atoms with Crippen LogP contribution in [0.4, 0.5) is 0 Å². The number of hydrogen-bond acceptors (Lipinski definition) is 2. The predicted octanol–water partition coefficient (Wildman–Crippen LogP) is 1.81. The summed E-state index contributed by atoms with van der Waals surface area (Å²) in [6.07, 6.45) is 8.74. The molecule has 1 aliphatic rings. The number of amides is 1. The summed E-state index contributed by atoms with van der Waals surface area (Å²) in [5, 5.41) is 8.78. The minimum absolute atomic E-state index is 0.167. The van der Waals surface area contributed by atoms with Gasteiger partial charge in [0.05, 0.1) is 0 Å². The number of allylic oxidation sites excluding steroid dienone is 3. The van der Waals surface area contributed by atoms with Crippen LogP contribution in [0, 0.1) is 11.3 Å². The van der Waals surface area contributed by atoms with E-state index in [1.165, 1.54) is 0 Å². The van der Waals surface area contributed by atoms with Crippen molar-refractivity contribution in [2.24, 2.45) is 5.73 Å². The molecule has 0 spiro atoms. The molecular formula is C11H14N2O. The van der Waals surface area contributed by atoms with Gasteiger partial charge in [0.2, 0.25) is 0 Å². The Morgan fingerprint density at radius 1 is 1.36 bits per heavy atom. The number of carbonyl (C=O) groups excluding carboxylic acids is 1. The number of nitriles is 1. The third-order valence-electron chi connectivity index (χ3n) is 2.34. The molecule has 0 aromatic heterocycles. The van der Waals surface area contributed by atoms with Crippen LogP contribution >= 0.6 is 0 Å². The number of nitrogens with zero attached hydrogens (tertiary/aromatic N) is 1. The van der Waals surface area contributed by atoms with Gasteiger partial charge in [0.15, 0.2) is 0 Å². The minimum atomic E-state index is -0.591. The molecule has 0 aliphatic heterocycles. The van der Waals surface area contributed by atoms with E-state index < -0.39 is 5.91 Å². The van der Waals surface area contributed by atoms with Gasteiger partial charge in [-0.05, 0) is 37.7 Å². The molecule has 0 aromatic carbocycles. The molecule has 3 heteroatoms. The van der Waals surface area contributed by atoms with Gasteiger partial charge in [0.25, 0.3) is 5.91 Å². The summed E-state index contributed by atoms with van der Waals surface area (Å²) in [5.41, 5.74) is 6.22. The Kier molecular flexibility index (Phi) is 3.93. The van der Waals surface area contributed by atoms with Crippen molar-refractivity contribution in [3.8, 4) is 6.07 Å². The molecule has 1 rings (SSSR count). The van der Waals surface area contributed by atoms with E-state index in [1.54, 1.807) is 0 Å². The van der Waals surface area contributed by atoms with E-state index in [-0.39, 0.29) is 5.57 Å². The van der Waals surface area contributed by atoms with Crippen LogP contribution in [-0.4, -0.2) is 5.91 Å². The Hall–Kier alpha value is -1.56. The van der Waals surface area contributed by atoms with Gasteiger partial charge in [-0.1, -0.05) is 12.2 Å². The Labute approximate surface area is 83.9 Å². The summed E-state index contributed by atoms with van der Waals surface area (Å²) in [4.78, 5) is 11.0. The normalized spacial score (nSPS) is 20.5. The molecule has 1 amide bonds. The van der Waals surface area contributed by atoms with E-state index in [4.69, 9.17) is 11.0 Å². The molecule has 74 valence electrons. The summed E-state index contributed by atoms with van der Waals surface area (Å²) in [5.74, 6) is -0.591. The number of carbonyl (C=O) groups is 1. The highest BCUT2D eigenvalue weighted by molar-refractivity contribution is 5.96. The fourth-order valence-electron chi connectivity index (χ4n) is 1.61. The maximum Gasteiger partial charge on any atom is 0.259 e. The second kappa shape index (κ2) is 5.23. The lowest BCUT2D eigenvalue weighted by molar-refractivity contribution is -0.114. The zero-order chi connectivity index (χ0) is 10.4. The molecule has 2 N–H and O–H groups in total. The van der Waals surface area contributed by atoms with Crippen LogP contribution in [0.2, 0.25) is 0 Å². The second-order valence-corrected chi connectivity index (χ2v) is 3.36. The van der Waals surface area contributed by atoms with Crippen LogP contribution in [0.3, 0.4) is 0 Å². The topological polar surface area (TPSA) is 66.9 Å². The fourth-order valence-corrected chi connectivity index (χ4v) is 1.61. The molecule has 1 aliphatic carbocycles. The molecule has 0 unspecified atom stereocenters. The van der Waals surface area contributed by atoms with E-state index in [0.29, 0.717) is 0 Å². The average molecular weight is 190 g/mol. The van der Waals surface area contributed by atoms with Crippen molar-refractivity contribution in [1.29, 1.82) is 5.26 Å². The van der Waals surface area contributed by atoms with E-state index >= 15 is 0 Å². The lowest BCUT2D eigenvalue weighted by Crippen LogP contribution is -2.15. The average Bonchev–Trinajstić information content (AvgIpc) is 2.08. The molecule has 0 saturated heterocycles. The van der Waals surface area contributed by atoms with Gasteiger partial charge in [-0.2, -0.15) is 5.26 Å². The molecule has 0 aromatic rings. The highest BCUT2D eigenvalue weighted by Crippen LogP contribution is 2.20. The quantitative estimate of drug-likeness (QED) is 0.389. The lowest BCUT2D eigenvalue weighted by Gasteiger charge is -2.09. The van der Waals surface area contributed by atoms with Crippen LogP contribution in [0.1, 0.15) is 32.1 Å². The van der Waals surface area contributed by atoms with E-state index in [2.05, 4.69) is 12.2 Å². The Balaban J connectivity index is 2.87. The number of rotatable bonds is 1. The molecular weight excluding hydrogens is 176 g/mol. The maximum absolute atomic E-state index is 11.0. The van der Waals surface area contributed by atoms with Crippen LogP contribution in [-0.2, 0) is 4.79 Å². The third kappa shape index (κ3) is 2.74. The van der Waals surface area contributed by atoms with Crippen molar-refractivity contribution in [1.82, 2.24) is 0 Å². The van der Waals surface area contributed by atoms with Crippen molar-refractivity contribution >= 4 is 5.91 Å². The van der Waals surface area contributed by atoms with Crippen molar-refractivity contribution in [2.45, 2.75) is 32.1 Å². The second-order valence-electron chi connectivity index (χ2n) is 3.36. The molecule has 0 heterocycles. The molecule has 0 saturated carbocycles. The third-order valence-corrected chi connectivity index (χ3v) is 2.34. The Morgan fingerprint density at radius 2 is 2.07 bits per heavy atom. The number of nitrogens with two attached hydrogens (primary N) is 1. The monoisotopic (exact) mass is 190 g/mol. The van der Waals surface area contributed by atoms with E-state index in [9.17, 15) is 4.79 Å². The summed E-state index contributed by atoms with van der Waals surface area (Å²) >= 11 is 0. The van der Waals surface area contributed by atoms with Crippen LogP contribution < -0.4 is 5.73 Å². The van der Waals surface area contributed by atoms with Gasteiger partial charge in [-0.3, -0.25) is 4.79 Å². The highest BCUT2D eigenvalue weighted by atomic mass is 16.1. The molecule has 0 fully saturated rings. The smallest absolute Gasteiger partial charge is 0.259 e. The molecule has 3 nitrogen and oxygen atoms in total. The fraction of sp³-hybridized carbons (Fsp3) is 0.455. The summed E-state index contributed by atoms with van der Waals surface area (Å²) < 4.78 is 0. The highest BCUT2D eigenvalue weighted by Gasteiger charge is 2.11. The zero-order valence-electron chi connectivity index (χ0n) is 8.12. The summed E-state index contributed by atoms with van der Waals surface area (Å²) in [6.45, 7) is 0. The first-order valence-corrected chi connectivity index (χ1v) is 4.82. The predicted molar refractivity (Wildman–Crippen MR) is 54.1 cm³/mol. The van der Waals surface area contributed by atoms with Crippen molar-refractivity contribution in [2.75, 3.05) is 0 Å². The van der Waals surface area contributed by atoms with E-state index in [0.717, 1.165) is 37.7 Å². The first kappa shape index (κ1) is 10.5. The maximum atomic E-state index is 11.0. The van der Waals surface area contributed by atoms with Gasteiger partial charge in [-0.15, -0.1) is 0 Å². The molecule has 0 radical (unpaired) electrons. The molecule has 0 bridgehead atoms. The number of hydrogen-bond donors (Lipinski definition) is 1. The standard InChI is InChI=1S/C11H14N2O/c12-8-10(11(13)14)9-6-4-2-1-3-5-7-9/h1-2H,3-7H2,(H2,13,14). The van der Waals surface area contributed by atoms with Crippen LogP contribution in [0.5, 0.6) is 0 Å². The molecule has 0 atom stereocenters. The zero-order valence-corrected chi connectivity index (χ0v) is 8.12. The van der Waals surface area contributed by atoms with Crippen LogP contribution in [0.25, 0.3) is 0 Å². The first-order valence-electron chi connectivity index (χ1n) is 4.82. The van der Waals surface area contributed by atoms with Crippen molar-refractivity contribution in [3.05, 3.63) is 23.3 Å². The summed E-state index contributed by atoms with van der Waals surface area (Å²) in [7, 11) is 0. The lowest BCUT2D eigenvalue weighted by atomic mass is 9.95. The number of primary amides is 1. The van der Waals surface area contributed by atoms with Crippen molar-refractivity contribution in [3.63, 3.8) is 0 Å².